The van der Waals surface area contributed by atoms with Crippen LogP contribution >= 0.6 is 0 Å². The van der Waals surface area contributed by atoms with Gasteiger partial charge in [0.2, 0.25) is 0 Å². The van der Waals surface area contributed by atoms with Crippen LogP contribution in [0.3, 0.4) is 0 Å². The minimum atomic E-state index is -0.750. The Morgan fingerprint density at radius 3 is 1.10 bits per heavy atom. The summed E-state index contributed by atoms with van der Waals surface area (Å²) in [6, 6.07) is 4.43. The first-order chi connectivity index (χ1) is 37.3. The number of methoxy groups -OCH3 is 1. The van der Waals surface area contributed by atoms with Gasteiger partial charge in [0.1, 0.15) is 6.10 Å². The van der Waals surface area contributed by atoms with Gasteiger partial charge in [0, 0.05) is 49.9 Å². The molecular formula is C61H106N4O12. The van der Waals surface area contributed by atoms with Crippen molar-refractivity contribution in [3.8, 4) is 0 Å². The maximum absolute atomic E-state index is 13.6. The number of carboxylic acid groups (broad SMARTS) is 3. The van der Waals surface area contributed by atoms with Crippen LogP contribution in [0.15, 0.2) is 18.2 Å². The highest BCUT2D eigenvalue weighted by atomic mass is 16.5. The molecule has 0 aliphatic rings. The highest BCUT2D eigenvalue weighted by molar-refractivity contribution is 6.03. The molecule has 16 heteroatoms. The Bertz CT molecular complexity index is 1710. The number of nitrogens with one attached hydrogen (secondary N) is 2. The fourth-order valence-electron chi connectivity index (χ4n) is 9.67. The Kier molecular flexibility index (Phi) is 44.4. The monoisotopic (exact) mass is 1090 g/mol. The van der Waals surface area contributed by atoms with Crippen molar-refractivity contribution in [2.24, 2.45) is 0 Å². The maximum Gasteiger partial charge on any atom is 0.337 e. The van der Waals surface area contributed by atoms with Gasteiger partial charge in [-0.1, -0.05) is 136 Å². The zero-order chi connectivity index (χ0) is 56.6. The fraction of sp³-hybridized carbons (Fsp3) is 0.787. The molecule has 0 fully saturated rings. The molecule has 77 heavy (non-hydrogen) atoms. The van der Waals surface area contributed by atoms with E-state index in [4.69, 9.17) is 24.8 Å². The van der Waals surface area contributed by atoms with Gasteiger partial charge < -0.3 is 45.2 Å². The normalized spacial score (nSPS) is 11.7. The van der Waals surface area contributed by atoms with Crippen LogP contribution in [0.2, 0.25) is 0 Å². The van der Waals surface area contributed by atoms with Crippen molar-refractivity contribution in [1.29, 1.82) is 0 Å². The summed E-state index contributed by atoms with van der Waals surface area (Å²) in [7, 11) is 1.26. The van der Waals surface area contributed by atoms with E-state index in [1.54, 1.807) is 0 Å². The summed E-state index contributed by atoms with van der Waals surface area (Å²) in [5.74, 6) is -3.72. The van der Waals surface area contributed by atoms with Crippen LogP contribution in [0.5, 0.6) is 0 Å². The van der Waals surface area contributed by atoms with E-state index in [1.807, 2.05) is 0 Å². The number of ether oxygens (including phenoxy) is 2. The first-order valence-electron chi connectivity index (χ1n) is 30.4. The molecule has 0 aromatic heterocycles. The molecule has 0 saturated heterocycles. The Morgan fingerprint density at radius 2 is 0.753 bits per heavy atom. The molecule has 16 nitrogen and oxygen atoms in total. The van der Waals surface area contributed by atoms with Crippen LogP contribution in [0.1, 0.15) is 276 Å². The van der Waals surface area contributed by atoms with Gasteiger partial charge in [-0.3, -0.25) is 28.8 Å². The van der Waals surface area contributed by atoms with E-state index in [1.165, 1.54) is 44.6 Å². The van der Waals surface area contributed by atoms with Gasteiger partial charge in [0.05, 0.1) is 12.7 Å². The highest BCUT2D eigenvalue weighted by Crippen LogP contribution is 2.17. The third-order valence-electron chi connectivity index (χ3n) is 14.3. The van der Waals surface area contributed by atoms with Gasteiger partial charge >= 0.3 is 29.8 Å². The number of rotatable bonds is 54. The molecule has 1 aromatic carbocycles. The van der Waals surface area contributed by atoms with Crippen molar-refractivity contribution in [3.05, 3.63) is 34.9 Å². The Morgan fingerprint density at radius 1 is 0.429 bits per heavy atom. The summed E-state index contributed by atoms with van der Waals surface area (Å²) in [5, 5.41) is 32.7. The molecule has 2 amide bonds. The number of aliphatic carboxylic acids is 3. The van der Waals surface area contributed by atoms with E-state index in [-0.39, 0.29) is 59.8 Å². The largest absolute Gasteiger partial charge is 0.481 e. The zero-order valence-corrected chi connectivity index (χ0v) is 48.3. The van der Waals surface area contributed by atoms with Crippen molar-refractivity contribution in [3.63, 3.8) is 0 Å². The van der Waals surface area contributed by atoms with E-state index in [2.05, 4.69) is 34.3 Å². The second kappa shape index (κ2) is 48.5. The van der Waals surface area contributed by atoms with E-state index >= 15 is 0 Å². The molecule has 5 N–H and O–H groups in total. The van der Waals surface area contributed by atoms with Gasteiger partial charge in [0.25, 0.3) is 11.8 Å². The quantitative estimate of drug-likeness (QED) is 0.0302. The molecule has 0 heterocycles. The van der Waals surface area contributed by atoms with E-state index in [9.17, 15) is 33.6 Å². The van der Waals surface area contributed by atoms with Crippen LogP contribution in [0.25, 0.3) is 0 Å². The van der Waals surface area contributed by atoms with Crippen molar-refractivity contribution >= 4 is 41.7 Å². The summed E-state index contributed by atoms with van der Waals surface area (Å²) >= 11 is 0. The first kappa shape index (κ1) is 70.4. The summed E-state index contributed by atoms with van der Waals surface area (Å²) in [4.78, 5) is 89.7. The zero-order valence-electron chi connectivity index (χ0n) is 48.3. The number of carbonyl (C=O) groups is 7. The standard InChI is InChI=1S/C61H106N4O12/c1-4-6-7-24-35-54(5-2)77-58(72)39-28-19-11-15-23-32-45-65(44-31-22-14-10-18-27-38-57(70)71)47-34-41-63-60(74)52-48-51(49-53(50-52)61(75)76-3)59(73)62-40-33-46-64(42-29-20-12-8-16-25-36-55(66)67)43-30-21-13-9-17-26-37-56(68)69/h48-50,54H,4-47H2,1-3H3,(H,62,73)(H,63,74)(H,66,67)(H,68,69)(H,70,71). The highest BCUT2D eigenvalue weighted by Gasteiger charge is 2.18. The summed E-state index contributed by atoms with van der Waals surface area (Å²) in [6.07, 6.45) is 32.9. The average molecular weight is 1090 g/mol. The van der Waals surface area contributed by atoms with E-state index < -0.39 is 23.9 Å². The van der Waals surface area contributed by atoms with Gasteiger partial charge in [-0.05, 0) is 141 Å². The third-order valence-corrected chi connectivity index (χ3v) is 14.3. The number of benzene rings is 1. The lowest BCUT2D eigenvalue weighted by Gasteiger charge is -2.22. The number of nitrogens with zero attached hydrogens (tertiary/aromatic N) is 2. The van der Waals surface area contributed by atoms with E-state index in [0.717, 1.165) is 200 Å². The van der Waals surface area contributed by atoms with Crippen LogP contribution < -0.4 is 10.6 Å². The molecule has 0 bridgehead atoms. The molecule has 0 saturated carbocycles. The molecule has 0 aliphatic carbocycles. The predicted molar refractivity (Wildman–Crippen MR) is 306 cm³/mol. The molecule has 1 aromatic rings. The second-order valence-corrected chi connectivity index (χ2v) is 21.2. The van der Waals surface area contributed by atoms with E-state index in [0.29, 0.717) is 45.2 Å². The minimum absolute atomic E-state index is 0.0364. The van der Waals surface area contributed by atoms with Crippen LogP contribution in [0, 0.1) is 0 Å². The molecule has 0 aliphatic heterocycles. The number of carboxylic acids is 3. The molecule has 1 atom stereocenters. The summed E-state index contributed by atoms with van der Waals surface area (Å²) in [6.45, 7) is 10.5. The minimum Gasteiger partial charge on any atom is -0.481 e. The fourth-order valence-corrected chi connectivity index (χ4v) is 9.67. The SMILES string of the molecule is CCCCCCC(CC)OC(=O)CCCCCCCCN(CCCCCCCCC(=O)O)CCCNC(=O)c1cc(C(=O)NCCCN(CCCCCCCCC(=O)O)CCCCCCCCC(=O)O)cc(C(=O)OC)c1. The molecular weight excluding hydrogens is 981 g/mol. The van der Waals surface area contributed by atoms with Crippen molar-refractivity contribution < 1.29 is 58.4 Å². The second-order valence-electron chi connectivity index (χ2n) is 21.2. The van der Waals surface area contributed by atoms with Gasteiger partial charge in [0.15, 0.2) is 0 Å². The lowest BCUT2D eigenvalue weighted by molar-refractivity contribution is -0.150. The van der Waals surface area contributed by atoms with Gasteiger partial charge in [-0.25, -0.2) is 4.79 Å². The molecule has 442 valence electrons. The Balaban J connectivity index is 2.75. The van der Waals surface area contributed by atoms with Gasteiger partial charge in [-0.2, -0.15) is 0 Å². The first-order valence-corrected chi connectivity index (χ1v) is 30.4. The smallest absolute Gasteiger partial charge is 0.337 e. The lowest BCUT2D eigenvalue weighted by Crippen LogP contribution is -2.32. The van der Waals surface area contributed by atoms with Gasteiger partial charge in [-0.15, -0.1) is 0 Å². The molecule has 0 spiro atoms. The number of esters is 2. The Hall–Kier alpha value is -4.57. The number of unbranched alkanes of at least 4 members (excludes halogenated alkanes) is 23. The lowest BCUT2D eigenvalue weighted by atomic mass is 10.0. The van der Waals surface area contributed by atoms with Crippen LogP contribution in [-0.4, -0.2) is 132 Å². The number of carbonyl (C=O) groups excluding carboxylic acids is 4. The predicted octanol–water partition coefficient (Wildman–Crippen LogP) is 12.8. The van der Waals surface area contributed by atoms with Crippen LogP contribution in [-0.2, 0) is 28.7 Å². The average Bonchev–Trinajstić information content (AvgIpc) is 3.41. The molecule has 0 radical (unpaired) electrons. The van der Waals surface area contributed by atoms with Crippen molar-refractivity contribution in [2.45, 2.75) is 251 Å². The summed E-state index contributed by atoms with van der Waals surface area (Å²) < 4.78 is 10.7. The number of hydrogen-bond acceptors (Lipinski definition) is 11. The maximum atomic E-state index is 13.6. The van der Waals surface area contributed by atoms with Crippen LogP contribution in [0.4, 0.5) is 0 Å². The number of amides is 2. The number of hydrogen-bond donors (Lipinski definition) is 5. The van der Waals surface area contributed by atoms with Crippen molar-refractivity contribution in [1.82, 2.24) is 20.4 Å². The molecule has 1 unspecified atom stereocenters. The topological polar surface area (TPSA) is 229 Å². The molecule has 1 rings (SSSR count). The summed E-state index contributed by atoms with van der Waals surface area (Å²) in [5.41, 5.74) is 0.517. The Labute approximate surface area is 464 Å². The third kappa shape index (κ3) is 41.2. The van der Waals surface area contributed by atoms with Crippen molar-refractivity contribution in [2.75, 3.05) is 59.5 Å².